The third-order valence-corrected chi connectivity index (χ3v) is 5.61. The minimum Gasteiger partial charge on any atom is -0.493 e. The molecule has 1 aromatic carbocycles. The number of carbonyl (C=O) groups excluding carboxylic acids is 1. The van der Waals surface area contributed by atoms with Gasteiger partial charge in [-0.05, 0) is 36.5 Å². The summed E-state index contributed by atoms with van der Waals surface area (Å²) >= 11 is 0. The molecule has 1 spiro atoms. The third-order valence-electron chi connectivity index (χ3n) is 5.61. The predicted octanol–water partition coefficient (Wildman–Crippen LogP) is 3.78. The molecule has 1 aliphatic carbocycles. The van der Waals surface area contributed by atoms with Gasteiger partial charge in [0, 0.05) is 18.8 Å². The number of amides is 1. The van der Waals surface area contributed by atoms with Gasteiger partial charge in [0.05, 0.1) is 26.2 Å². The van der Waals surface area contributed by atoms with Crippen LogP contribution in [-0.4, -0.2) is 31.7 Å². The maximum absolute atomic E-state index is 15.0. The fourth-order valence-electron chi connectivity index (χ4n) is 3.92. The van der Waals surface area contributed by atoms with Crippen LogP contribution < -0.4 is 19.7 Å². The van der Waals surface area contributed by atoms with Crippen LogP contribution in [0, 0.1) is 11.6 Å². The smallest absolute Gasteiger partial charge is 0.238 e. The molecular formula is C21H23F2N3O3. The average Bonchev–Trinajstić information content (AvgIpc) is 3.52. The largest absolute Gasteiger partial charge is 0.493 e. The summed E-state index contributed by atoms with van der Waals surface area (Å²) in [5.74, 6) is -1.82. The van der Waals surface area contributed by atoms with Gasteiger partial charge in [-0.25, -0.2) is 13.8 Å². The molecule has 0 bridgehead atoms. The fraction of sp³-hybridized carbons (Fsp3) is 0.429. The lowest BCUT2D eigenvalue weighted by Gasteiger charge is -2.35. The minimum absolute atomic E-state index is 0.0289. The van der Waals surface area contributed by atoms with Crippen molar-refractivity contribution in [2.45, 2.75) is 38.1 Å². The first-order valence-corrected chi connectivity index (χ1v) is 9.62. The number of carbonyl (C=O) groups is 1. The van der Waals surface area contributed by atoms with Crippen molar-refractivity contribution in [3.8, 4) is 11.5 Å². The zero-order valence-electron chi connectivity index (χ0n) is 16.6. The highest BCUT2D eigenvalue weighted by Crippen LogP contribution is 2.55. The van der Waals surface area contributed by atoms with Gasteiger partial charge in [0.25, 0.3) is 0 Å². The van der Waals surface area contributed by atoms with E-state index < -0.39 is 22.7 Å². The number of nitrogens with one attached hydrogen (secondary N) is 1. The molecule has 1 amide bonds. The first-order chi connectivity index (χ1) is 14.0. The molecule has 0 atom stereocenters. The second-order valence-corrected chi connectivity index (χ2v) is 7.38. The minimum atomic E-state index is -0.924. The Bertz CT molecular complexity index is 948. The number of fused-ring (bicyclic) bond motifs is 2. The summed E-state index contributed by atoms with van der Waals surface area (Å²) in [6, 6.07) is 3.03. The van der Waals surface area contributed by atoms with Crippen LogP contribution in [0.1, 0.15) is 37.3 Å². The normalized spacial score (nSPS) is 16.6. The third kappa shape index (κ3) is 2.97. The molecule has 0 radical (unpaired) electrons. The van der Waals surface area contributed by atoms with Crippen LogP contribution in [0.4, 0.5) is 20.3 Å². The van der Waals surface area contributed by atoms with Crippen molar-refractivity contribution in [1.29, 1.82) is 0 Å². The number of rotatable bonds is 6. The zero-order chi connectivity index (χ0) is 20.8. The maximum Gasteiger partial charge on any atom is 0.238 e. The molecule has 1 aliphatic heterocycles. The molecular weight excluding hydrogens is 380 g/mol. The summed E-state index contributed by atoms with van der Waals surface area (Å²) in [6.45, 7) is 2.86. The van der Waals surface area contributed by atoms with Crippen molar-refractivity contribution in [1.82, 2.24) is 4.98 Å². The first-order valence-electron chi connectivity index (χ1n) is 9.62. The number of nitrogens with zero attached hydrogens (tertiary/aromatic N) is 2. The highest BCUT2D eigenvalue weighted by atomic mass is 19.1. The van der Waals surface area contributed by atoms with Crippen LogP contribution >= 0.6 is 0 Å². The number of halogens is 2. The highest BCUT2D eigenvalue weighted by Gasteiger charge is 2.57. The maximum atomic E-state index is 15.0. The van der Waals surface area contributed by atoms with Crippen LogP contribution in [-0.2, 0) is 16.8 Å². The number of aromatic nitrogens is 1. The number of anilines is 2. The number of ether oxygens (including phenoxy) is 2. The van der Waals surface area contributed by atoms with E-state index in [1.165, 1.54) is 14.2 Å². The Hall–Kier alpha value is -2.90. The molecule has 1 fully saturated rings. The van der Waals surface area contributed by atoms with E-state index in [2.05, 4.69) is 17.2 Å². The van der Waals surface area contributed by atoms with Gasteiger partial charge >= 0.3 is 0 Å². The first kappa shape index (κ1) is 19.4. The van der Waals surface area contributed by atoms with Gasteiger partial charge in [-0.1, -0.05) is 6.92 Å². The summed E-state index contributed by atoms with van der Waals surface area (Å²) in [7, 11) is 2.56. The molecule has 4 rings (SSSR count). The average molecular weight is 403 g/mol. The second kappa shape index (κ2) is 7.17. The van der Waals surface area contributed by atoms with E-state index in [9.17, 15) is 4.79 Å². The standard InChI is InChI=1S/C21H23F2N3O3/c1-4-7-24-16-8-13-12(10-25-16)11-26(20(27)21(13)5-6-21)19-17(22)14(28-2)9-15(29-3)18(19)23/h8-10H,4-7,11H2,1-3H3,(H,24,25). The number of hydrogen-bond donors (Lipinski definition) is 1. The van der Waals surface area contributed by atoms with Crippen molar-refractivity contribution in [2.75, 3.05) is 31.0 Å². The van der Waals surface area contributed by atoms with E-state index in [0.717, 1.165) is 35.1 Å². The van der Waals surface area contributed by atoms with E-state index >= 15 is 8.78 Å². The van der Waals surface area contributed by atoms with E-state index in [1.54, 1.807) is 6.20 Å². The van der Waals surface area contributed by atoms with Gasteiger partial charge < -0.3 is 19.7 Å². The summed E-state index contributed by atoms with van der Waals surface area (Å²) in [6.07, 6.45) is 3.90. The molecule has 1 aromatic heterocycles. The van der Waals surface area contributed by atoms with Crippen LogP contribution in [0.5, 0.6) is 11.5 Å². The SMILES string of the molecule is CCCNc1cc2c(cn1)CN(c1c(F)c(OC)cc(OC)c1F)C(=O)C21CC1. The van der Waals surface area contributed by atoms with E-state index in [1.807, 2.05) is 6.07 Å². The Morgan fingerprint density at radius 3 is 2.38 bits per heavy atom. The number of methoxy groups -OCH3 is 2. The summed E-state index contributed by atoms with van der Waals surface area (Å²) < 4.78 is 40.1. The Morgan fingerprint density at radius 2 is 1.83 bits per heavy atom. The molecule has 154 valence electrons. The van der Waals surface area contributed by atoms with Gasteiger partial charge in [0.2, 0.25) is 5.91 Å². The molecule has 1 saturated carbocycles. The molecule has 0 unspecified atom stereocenters. The van der Waals surface area contributed by atoms with Gasteiger partial charge in [0.1, 0.15) is 11.5 Å². The van der Waals surface area contributed by atoms with Crippen LogP contribution in [0.2, 0.25) is 0 Å². The monoisotopic (exact) mass is 403 g/mol. The highest BCUT2D eigenvalue weighted by molar-refractivity contribution is 6.05. The lowest BCUT2D eigenvalue weighted by molar-refractivity contribution is -0.121. The summed E-state index contributed by atoms with van der Waals surface area (Å²) in [4.78, 5) is 18.9. The molecule has 2 aromatic rings. The van der Waals surface area contributed by atoms with Crippen molar-refractivity contribution < 1.29 is 23.0 Å². The Balaban J connectivity index is 1.81. The number of pyridine rings is 1. The Kier molecular flexibility index (Phi) is 4.80. The van der Waals surface area contributed by atoms with Crippen LogP contribution in [0.25, 0.3) is 0 Å². The lowest BCUT2D eigenvalue weighted by Crippen LogP contribution is -2.45. The lowest BCUT2D eigenvalue weighted by atomic mass is 9.86. The molecule has 29 heavy (non-hydrogen) atoms. The van der Waals surface area contributed by atoms with Crippen LogP contribution in [0.3, 0.4) is 0 Å². The van der Waals surface area contributed by atoms with Crippen molar-refractivity contribution in [3.63, 3.8) is 0 Å². The summed E-state index contributed by atoms with van der Waals surface area (Å²) in [5, 5.41) is 3.23. The van der Waals surface area contributed by atoms with E-state index in [-0.39, 0.29) is 24.0 Å². The molecule has 8 heteroatoms. The van der Waals surface area contributed by atoms with Gasteiger partial charge in [-0.2, -0.15) is 0 Å². The molecule has 0 saturated heterocycles. The number of benzene rings is 1. The Labute approximate surface area is 167 Å². The van der Waals surface area contributed by atoms with E-state index in [0.29, 0.717) is 18.7 Å². The Morgan fingerprint density at radius 1 is 1.17 bits per heavy atom. The topological polar surface area (TPSA) is 63.7 Å². The van der Waals surface area contributed by atoms with Crippen molar-refractivity contribution >= 4 is 17.4 Å². The van der Waals surface area contributed by atoms with E-state index in [4.69, 9.17) is 9.47 Å². The van der Waals surface area contributed by atoms with Crippen molar-refractivity contribution in [2.24, 2.45) is 0 Å². The van der Waals surface area contributed by atoms with Gasteiger partial charge in [-0.3, -0.25) is 4.79 Å². The molecule has 1 N–H and O–H groups in total. The molecule has 2 heterocycles. The molecule has 2 aliphatic rings. The number of hydrogen-bond acceptors (Lipinski definition) is 5. The summed E-state index contributed by atoms with van der Waals surface area (Å²) in [5.41, 5.74) is 0.470. The van der Waals surface area contributed by atoms with Crippen molar-refractivity contribution in [3.05, 3.63) is 41.1 Å². The quantitative estimate of drug-likeness (QED) is 0.795. The van der Waals surface area contributed by atoms with Crippen LogP contribution in [0.15, 0.2) is 18.3 Å². The second-order valence-electron chi connectivity index (χ2n) is 7.38. The van der Waals surface area contributed by atoms with Gasteiger partial charge in [0.15, 0.2) is 23.1 Å². The molecule has 6 nitrogen and oxygen atoms in total. The fourth-order valence-corrected chi connectivity index (χ4v) is 3.92. The van der Waals surface area contributed by atoms with Gasteiger partial charge in [-0.15, -0.1) is 0 Å². The zero-order valence-corrected chi connectivity index (χ0v) is 16.6. The predicted molar refractivity (Wildman–Crippen MR) is 105 cm³/mol.